The van der Waals surface area contributed by atoms with Gasteiger partial charge in [-0.3, -0.25) is 4.79 Å². The van der Waals surface area contributed by atoms with E-state index in [0.717, 1.165) is 24.7 Å². The quantitative estimate of drug-likeness (QED) is 0.693. The van der Waals surface area contributed by atoms with E-state index in [1.54, 1.807) is 0 Å². The number of hydrogen-bond donors (Lipinski definition) is 3. The van der Waals surface area contributed by atoms with Crippen molar-refractivity contribution in [2.75, 3.05) is 18.4 Å². The Balaban J connectivity index is 0.00000441. The maximum Gasteiger partial charge on any atom is 0.240 e. The minimum Gasteiger partial charge on any atom is -0.324 e. The van der Waals surface area contributed by atoms with Crippen molar-refractivity contribution in [1.29, 1.82) is 0 Å². The number of carbonyl (C=O) groups excluding carboxylic acids is 1. The maximum absolute atomic E-state index is 13.5. The van der Waals surface area contributed by atoms with E-state index in [4.69, 9.17) is 0 Å². The van der Waals surface area contributed by atoms with Gasteiger partial charge in [-0.25, -0.2) is 17.5 Å². The molecular formula is C13H21ClFN3O3S. The second-order valence-electron chi connectivity index (χ2n) is 4.63. The van der Waals surface area contributed by atoms with Crippen LogP contribution >= 0.6 is 12.4 Å². The molecule has 0 aliphatic carbocycles. The van der Waals surface area contributed by atoms with Gasteiger partial charge in [0, 0.05) is 19.5 Å². The number of likely N-dealkylation sites (N-methyl/N-ethyl adjacent to an activating group) is 1. The zero-order valence-corrected chi connectivity index (χ0v) is 14.3. The first-order valence-electron chi connectivity index (χ1n) is 6.56. The number of sulfonamides is 1. The van der Waals surface area contributed by atoms with Crippen LogP contribution in [0, 0.1) is 5.82 Å². The highest BCUT2D eigenvalue weighted by atomic mass is 35.5. The topological polar surface area (TPSA) is 87.3 Å². The summed E-state index contributed by atoms with van der Waals surface area (Å²) in [6, 6.07) is 3.23. The zero-order chi connectivity index (χ0) is 16.0. The van der Waals surface area contributed by atoms with Gasteiger partial charge in [-0.05, 0) is 31.7 Å². The lowest BCUT2D eigenvalue weighted by Crippen LogP contribution is -2.38. The molecular weight excluding hydrogens is 333 g/mol. The Labute approximate surface area is 136 Å². The third kappa shape index (κ3) is 6.27. The van der Waals surface area contributed by atoms with Gasteiger partial charge < -0.3 is 10.6 Å². The zero-order valence-electron chi connectivity index (χ0n) is 12.6. The summed E-state index contributed by atoms with van der Waals surface area (Å²) in [6.07, 6.45) is 0. The van der Waals surface area contributed by atoms with Crippen molar-refractivity contribution in [2.45, 2.75) is 31.7 Å². The third-order valence-corrected chi connectivity index (χ3v) is 4.11. The largest absolute Gasteiger partial charge is 0.324 e. The Kier molecular flexibility index (Phi) is 8.54. The number of halogens is 2. The fourth-order valence-corrected chi connectivity index (χ4v) is 2.85. The number of amides is 1. The van der Waals surface area contributed by atoms with Crippen LogP contribution in [0.1, 0.15) is 20.8 Å². The monoisotopic (exact) mass is 353 g/mol. The Morgan fingerprint density at radius 1 is 1.36 bits per heavy atom. The van der Waals surface area contributed by atoms with E-state index in [1.165, 1.54) is 6.92 Å². The van der Waals surface area contributed by atoms with Gasteiger partial charge in [0.25, 0.3) is 0 Å². The standard InChI is InChI=1S/C13H20FN3O3S.ClH/c1-4-15-9(2)8-16-21(19,20)11-5-6-12(14)13(7-11)17-10(3)18;/h5-7,9,15-16H,4,8H2,1-3H3,(H,17,18);1H/t9-;/m1./s1. The third-order valence-electron chi connectivity index (χ3n) is 2.69. The molecule has 0 fully saturated rings. The molecule has 6 nitrogen and oxygen atoms in total. The lowest BCUT2D eigenvalue weighted by Gasteiger charge is -2.14. The molecule has 1 aromatic carbocycles. The van der Waals surface area contributed by atoms with Crippen molar-refractivity contribution in [1.82, 2.24) is 10.0 Å². The van der Waals surface area contributed by atoms with Crippen molar-refractivity contribution < 1.29 is 17.6 Å². The number of rotatable bonds is 7. The molecule has 0 unspecified atom stereocenters. The van der Waals surface area contributed by atoms with E-state index in [1.807, 2.05) is 13.8 Å². The van der Waals surface area contributed by atoms with Crippen LogP contribution in [0.2, 0.25) is 0 Å². The number of nitrogens with one attached hydrogen (secondary N) is 3. The van der Waals surface area contributed by atoms with Gasteiger partial charge in [0.15, 0.2) is 0 Å². The Hall–Kier alpha value is -1.22. The normalized spacial score (nSPS) is 12.4. The molecule has 3 N–H and O–H groups in total. The lowest BCUT2D eigenvalue weighted by atomic mass is 10.3. The second-order valence-corrected chi connectivity index (χ2v) is 6.40. The molecule has 1 aromatic rings. The van der Waals surface area contributed by atoms with Crippen molar-refractivity contribution >= 4 is 34.0 Å². The number of benzene rings is 1. The Morgan fingerprint density at radius 3 is 2.55 bits per heavy atom. The van der Waals surface area contributed by atoms with Crippen LogP contribution in [-0.4, -0.2) is 33.5 Å². The van der Waals surface area contributed by atoms with Crippen LogP contribution in [0.15, 0.2) is 23.1 Å². The molecule has 0 saturated heterocycles. The van der Waals surface area contributed by atoms with Gasteiger partial charge in [-0.1, -0.05) is 6.92 Å². The van der Waals surface area contributed by atoms with Crippen LogP contribution in [0.25, 0.3) is 0 Å². The summed E-state index contributed by atoms with van der Waals surface area (Å²) in [5.74, 6) is -1.16. The van der Waals surface area contributed by atoms with Crippen LogP contribution in [0.3, 0.4) is 0 Å². The van der Waals surface area contributed by atoms with E-state index in [-0.39, 0.29) is 35.6 Å². The van der Waals surface area contributed by atoms with E-state index < -0.39 is 21.7 Å². The minimum absolute atomic E-state index is 0. The summed E-state index contributed by atoms with van der Waals surface area (Å²) in [6.45, 7) is 5.93. The number of carbonyl (C=O) groups is 1. The molecule has 0 aliphatic rings. The van der Waals surface area contributed by atoms with Gasteiger partial charge in [0.1, 0.15) is 5.82 Å². The summed E-state index contributed by atoms with van der Waals surface area (Å²) < 4.78 is 40.2. The highest BCUT2D eigenvalue weighted by molar-refractivity contribution is 7.89. The number of anilines is 1. The smallest absolute Gasteiger partial charge is 0.240 e. The minimum atomic E-state index is -3.76. The highest BCUT2D eigenvalue weighted by Crippen LogP contribution is 2.19. The first-order valence-corrected chi connectivity index (χ1v) is 8.04. The molecule has 0 heterocycles. The molecule has 1 amide bonds. The SMILES string of the molecule is CCN[C@H](C)CNS(=O)(=O)c1ccc(F)c(NC(C)=O)c1.Cl. The van der Waals surface area contributed by atoms with Crippen LogP contribution < -0.4 is 15.4 Å². The first kappa shape index (κ1) is 20.8. The predicted octanol–water partition coefficient (Wildman–Crippen LogP) is 1.48. The first-order chi connectivity index (χ1) is 9.76. The van der Waals surface area contributed by atoms with E-state index in [9.17, 15) is 17.6 Å². The van der Waals surface area contributed by atoms with Gasteiger partial charge in [0.05, 0.1) is 10.6 Å². The number of hydrogen-bond acceptors (Lipinski definition) is 4. The fraction of sp³-hybridized carbons (Fsp3) is 0.462. The predicted molar refractivity (Wildman–Crippen MR) is 86.3 cm³/mol. The van der Waals surface area contributed by atoms with Crippen molar-refractivity contribution in [3.63, 3.8) is 0 Å². The van der Waals surface area contributed by atoms with Gasteiger partial charge in [0.2, 0.25) is 15.9 Å². The molecule has 0 bridgehead atoms. The molecule has 0 spiro atoms. The van der Waals surface area contributed by atoms with Gasteiger partial charge >= 0.3 is 0 Å². The highest BCUT2D eigenvalue weighted by Gasteiger charge is 2.17. The average Bonchev–Trinajstić information content (AvgIpc) is 2.39. The molecule has 126 valence electrons. The second kappa shape index (κ2) is 9.04. The Morgan fingerprint density at radius 2 is 2.00 bits per heavy atom. The fourth-order valence-electron chi connectivity index (χ4n) is 1.70. The van der Waals surface area contributed by atoms with E-state index >= 15 is 0 Å². The van der Waals surface area contributed by atoms with Gasteiger partial charge in [-0.15, -0.1) is 12.4 Å². The summed E-state index contributed by atoms with van der Waals surface area (Å²) in [5.41, 5.74) is -0.162. The van der Waals surface area contributed by atoms with Crippen LogP contribution in [-0.2, 0) is 14.8 Å². The molecule has 9 heteroatoms. The average molecular weight is 354 g/mol. The summed E-state index contributed by atoms with van der Waals surface area (Å²) in [4.78, 5) is 10.9. The van der Waals surface area contributed by atoms with Gasteiger partial charge in [-0.2, -0.15) is 0 Å². The van der Waals surface area contributed by atoms with Crippen molar-refractivity contribution in [3.05, 3.63) is 24.0 Å². The van der Waals surface area contributed by atoms with E-state index in [2.05, 4.69) is 15.4 Å². The summed E-state index contributed by atoms with van der Waals surface area (Å²) in [7, 11) is -3.76. The molecule has 22 heavy (non-hydrogen) atoms. The van der Waals surface area contributed by atoms with Crippen molar-refractivity contribution in [3.8, 4) is 0 Å². The molecule has 1 rings (SSSR count). The molecule has 1 atom stereocenters. The molecule has 0 saturated carbocycles. The lowest BCUT2D eigenvalue weighted by molar-refractivity contribution is -0.114. The van der Waals surface area contributed by atoms with Crippen molar-refractivity contribution in [2.24, 2.45) is 0 Å². The van der Waals surface area contributed by atoms with Crippen LogP contribution in [0.5, 0.6) is 0 Å². The summed E-state index contributed by atoms with van der Waals surface area (Å²) >= 11 is 0. The molecule has 0 radical (unpaired) electrons. The molecule has 0 aromatic heterocycles. The summed E-state index contributed by atoms with van der Waals surface area (Å²) in [5, 5.41) is 5.32. The maximum atomic E-state index is 13.5. The van der Waals surface area contributed by atoms with Crippen LogP contribution in [0.4, 0.5) is 10.1 Å². The molecule has 0 aliphatic heterocycles. The Bertz CT molecular complexity index is 611. The van der Waals surface area contributed by atoms with E-state index in [0.29, 0.717) is 0 Å².